The van der Waals surface area contributed by atoms with Crippen molar-refractivity contribution < 1.29 is 9.66 Å². The molecule has 104 valence electrons. The molecule has 0 unspecified atom stereocenters. The Balaban J connectivity index is 2.25. The lowest BCUT2D eigenvalue weighted by molar-refractivity contribution is -0.384. The first kappa shape index (κ1) is 14.4. The average Bonchev–Trinajstić information content (AvgIpc) is 2.41. The third-order valence-corrected chi connectivity index (χ3v) is 3.28. The second-order valence-electron chi connectivity index (χ2n) is 4.19. The summed E-state index contributed by atoms with van der Waals surface area (Å²) >= 11 is 3.28. The van der Waals surface area contributed by atoms with Gasteiger partial charge >= 0.3 is 0 Å². The number of nitro groups is 1. The van der Waals surface area contributed by atoms with E-state index in [9.17, 15) is 10.1 Å². The summed E-state index contributed by atoms with van der Waals surface area (Å²) < 4.78 is 6.14. The zero-order chi connectivity index (χ0) is 14.7. The fraction of sp³-hybridized carbons (Fsp3) is 0.154. The molecule has 0 radical (unpaired) electrons. The minimum Gasteiger partial charge on any atom is -0.438 e. The van der Waals surface area contributed by atoms with Crippen LogP contribution in [0.1, 0.15) is 18.5 Å². The lowest BCUT2D eigenvalue weighted by Crippen LogP contribution is -2.05. The van der Waals surface area contributed by atoms with E-state index in [1.54, 1.807) is 24.4 Å². The molecule has 0 bridgehead atoms. The van der Waals surface area contributed by atoms with Gasteiger partial charge in [0.2, 0.25) is 5.88 Å². The first-order valence-corrected chi connectivity index (χ1v) is 6.60. The highest BCUT2D eigenvalue weighted by Gasteiger charge is 2.12. The summed E-state index contributed by atoms with van der Waals surface area (Å²) in [5.41, 5.74) is 6.57. The number of hydrogen-bond donors (Lipinski definition) is 1. The molecule has 6 nitrogen and oxygen atoms in total. The van der Waals surface area contributed by atoms with Crippen LogP contribution in [-0.4, -0.2) is 9.91 Å². The van der Waals surface area contributed by atoms with Crippen LogP contribution < -0.4 is 10.5 Å². The minimum absolute atomic E-state index is 0.0459. The summed E-state index contributed by atoms with van der Waals surface area (Å²) in [4.78, 5) is 14.4. The van der Waals surface area contributed by atoms with Crippen molar-refractivity contribution in [2.45, 2.75) is 13.0 Å². The van der Waals surface area contributed by atoms with Crippen molar-refractivity contribution in [2.24, 2.45) is 5.73 Å². The maximum absolute atomic E-state index is 10.7. The molecule has 0 spiro atoms. The van der Waals surface area contributed by atoms with Gasteiger partial charge in [0.05, 0.1) is 15.5 Å². The molecule has 7 heteroatoms. The Bertz CT molecular complexity index is 629. The van der Waals surface area contributed by atoms with Gasteiger partial charge in [-0.15, -0.1) is 0 Å². The van der Waals surface area contributed by atoms with Crippen LogP contribution in [0.5, 0.6) is 11.6 Å². The number of nitrogens with two attached hydrogens (primary N) is 1. The number of ether oxygens (including phenoxy) is 1. The first-order chi connectivity index (χ1) is 9.47. The standard InChI is InChI=1S/C13H12BrN3O3/c1-8(15)9-2-5-13(16-7-9)20-12-6-10(17(18)19)3-4-11(12)14/h2-8H,15H2,1H3/t8-/m1/s1. The van der Waals surface area contributed by atoms with Crippen molar-refractivity contribution in [3.05, 3.63) is 56.7 Å². The van der Waals surface area contributed by atoms with Gasteiger partial charge in [-0.25, -0.2) is 4.98 Å². The van der Waals surface area contributed by atoms with Gasteiger partial charge in [0.1, 0.15) is 0 Å². The fourth-order valence-corrected chi connectivity index (χ4v) is 1.85. The van der Waals surface area contributed by atoms with Crippen LogP contribution in [0, 0.1) is 10.1 Å². The van der Waals surface area contributed by atoms with E-state index in [0.29, 0.717) is 16.1 Å². The van der Waals surface area contributed by atoms with Crippen molar-refractivity contribution in [1.82, 2.24) is 4.98 Å². The fourth-order valence-electron chi connectivity index (χ4n) is 1.52. The molecule has 0 amide bonds. The molecule has 20 heavy (non-hydrogen) atoms. The van der Waals surface area contributed by atoms with E-state index in [4.69, 9.17) is 10.5 Å². The van der Waals surface area contributed by atoms with Crippen molar-refractivity contribution in [2.75, 3.05) is 0 Å². The first-order valence-electron chi connectivity index (χ1n) is 5.80. The Hall–Kier alpha value is -1.99. The number of pyridine rings is 1. The SMILES string of the molecule is C[C@@H](N)c1ccc(Oc2cc([N+](=O)[O-])ccc2Br)nc1. The maximum atomic E-state index is 10.7. The highest BCUT2D eigenvalue weighted by Crippen LogP contribution is 2.32. The third-order valence-electron chi connectivity index (χ3n) is 2.63. The zero-order valence-electron chi connectivity index (χ0n) is 10.6. The van der Waals surface area contributed by atoms with Gasteiger partial charge in [-0.1, -0.05) is 6.07 Å². The molecule has 2 aromatic rings. The van der Waals surface area contributed by atoms with Crippen LogP contribution in [0.3, 0.4) is 0 Å². The predicted octanol–water partition coefficient (Wildman–Crippen LogP) is 3.56. The Morgan fingerprint density at radius 1 is 1.40 bits per heavy atom. The van der Waals surface area contributed by atoms with Gasteiger partial charge in [-0.05, 0) is 34.5 Å². The van der Waals surface area contributed by atoms with Crippen LogP contribution in [-0.2, 0) is 0 Å². The van der Waals surface area contributed by atoms with E-state index in [0.717, 1.165) is 5.56 Å². The van der Waals surface area contributed by atoms with Crippen LogP contribution in [0.15, 0.2) is 41.0 Å². The average molecular weight is 338 g/mol. The Labute approximate surface area is 123 Å². The number of nitrogens with zero attached hydrogens (tertiary/aromatic N) is 2. The number of aromatic nitrogens is 1. The van der Waals surface area contributed by atoms with Crippen LogP contribution in [0.2, 0.25) is 0 Å². The number of hydrogen-bond acceptors (Lipinski definition) is 5. The van der Waals surface area contributed by atoms with Crippen LogP contribution in [0.25, 0.3) is 0 Å². The van der Waals surface area contributed by atoms with E-state index >= 15 is 0 Å². The lowest BCUT2D eigenvalue weighted by atomic mass is 10.2. The largest absolute Gasteiger partial charge is 0.438 e. The maximum Gasteiger partial charge on any atom is 0.273 e. The van der Waals surface area contributed by atoms with Gasteiger partial charge in [0.15, 0.2) is 5.75 Å². The van der Waals surface area contributed by atoms with E-state index in [1.165, 1.54) is 12.1 Å². The third kappa shape index (κ3) is 3.31. The van der Waals surface area contributed by atoms with E-state index in [-0.39, 0.29) is 11.7 Å². The second-order valence-corrected chi connectivity index (χ2v) is 5.05. The van der Waals surface area contributed by atoms with Crippen molar-refractivity contribution in [1.29, 1.82) is 0 Å². The molecule has 1 heterocycles. The minimum atomic E-state index is -0.480. The number of rotatable bonds is 4. The van der Waals surface area contributed by atoms with E-state index < -0.39 is 4.92 Å². The van der Waals surface area contributed by atoms with Crippen molar-refractivity contribution in [3.63, 3.8) is 0 Å². The van der Waals surface area contributed by atoms with Crippen molar-refractivity contribution >= 4 is 21.6 Å². The summed E-state index contributed by atoms with van der Waals surface area (Å²) in [6.45, 7) is 1.86. The molecular weight excluding hydrogens is 326 g/mol. The summed E-state index contributed by atoms with van der Waals surface area (Å²) in [6, 6.07) is 7.65. The lowest BCUT2D eigenvalue weighted by Gasteiger charge is -2.08. The molecule has 0 aliphatic carbocycles. The number of halogens is 1. The predicted molar refractivity (Wildman–Crippen MR) is 77.7 cm³/mol. The van der Waals surface area contributed by atoms with Gasteiger partial charge in [-0.3, -0.25) is 10.1 Å². The summed E-state index contributed by atoms with van der Waals surface area (Å²) in [6.07, 6.45) is 1.62. The van der Waals surface area contributed by atoms with E-state index in [2.05, 4.69) is 20.9 Å². The van der Waals surface area contributed by atoms with Crippen LogP contribution >= 0.6 is 15.9 Å². The molecule has 0 saturated heterocycles. The van der Waals surface area contributed by atoms with Gasteiger partial charge in [0.25, 0.3) is 5.69 Å². The normalized spacial score (nSPS) is 11.9. The molecule has 0 aliphatic heterocycles. The molecule has 1 atom stereocenters. The second kappa shape index (κ2) is 5.98. The Morgan fingerprint density at radius 3 is 2.70 bits per heavy atom. The molecule has 2 N–H and O–H groups in total. The van der Waals surface area contributed by atoms with Crippen LogP contribution in [0.4, 0.5) is 5.69 Å². The van der Waals surface area contributed by atoms with E-state index in [1.807, 2.05) is 6.92 Å². The molecule has 0 fully saturated rings. The highest BCUT2D eigenvalue weighted by molar-refractivity contribution is 9.10. The quantitative estimate of drug-likeness (QED) is 0.680. The summed E-state index contributed by atoms with van der Waals surface area (Å²) in [7, 11) is 0. The van der Waals surface area contributed by atoms with Gasteiger partial charge in [0, 0.05) is 24.4 Å². The highest BCUT2D eigenvalue weighted by atomic mass is 79.9. The number of benzene rings is 1. The molecule has 1 aromatic heterocycles. The van der Waals surface area contributed by atoms with Gasteiger partial charge in [-0.2, -0.15) is 0 Å². The molecule has 0 saturated carbocycles. The molecule has 2 rings (SSSR count). The Morgan fingerprint density at radius 2 is 2.15 bits per heavy atom. The number of nitro benzene ring substituents is 1. The molecule has 1 aromatic carbocycles. The van der Waals surface area contributed by atoms with Gasteiger partial charge < -0.3 is 10.5 Å². The monoisotopic (exact) mass is 337 g/mol. The van der Waals surface area contributed by atoms with Crippen molar-refractivity contribution in [3.8, 4) is 11.6 Å². The smallest absolute Gasteiger partial charge is 0.273 e. The summed E-state index contributed by atoms with van der Waals surface area (Å²) in [5.74, 6) is 0.677. The molecule has 0 aliphatic rings. The number of non-ortho nitro benzene ring substituents is 1. The zero-order valence-corrected chi connectivity index (χ0v) is 12.2. The summed E-state index contributed by atoms with van der Waals surface area (Å²) in [5, 5.41) is 10.7. The Kier molecular flexibility index (Phi) is 4.31. The molecular formula is C13H12BrN3O3. The topological polar surface area (TPSA) is 91.3 Å².